The first-order valence-corrected chi connectivity index (χ1v) is 7.86. The summed E-state index contributed by atoms with van der Waals surface area (Å²) in [5, 5.41) is 7.47. The number of aryl methyl sites for hydroxylation is 1. The van der Waals surface area contributed by atoms with E-state index in [1.807, 2.05) is 0 Å². The summed E-state index contributed by atoms with van der Waals surface area (Å²) in [6, 6.07) is 9.78. The number of anilines is 1. The first-order chi connectivity index (χ1) is 11.4. The Morgan fingerprint density at radius 2 is 1.67 bits per heavy atom. The van der Waals surface area contributed by atoms with Gasteiger partial charge in [0.15, 0.2) is 0 Å². The van der Waals surface area contributed by atoms with Crippen molar-refractivity contribution in [3.8, 4) is 0 Å². The van der Waals surface area contributed by atoms with Gasteiger partial charge in [-0.2, -0.15) is 5.10 Å². The van der Waals surface area contributed by atoms with Gasteiger partial charge in [0.05, 0.1) is 11.2 Å². The Morgan fingerprint density at radius 3 is 2.38 bits per heavy atom. The lowest BCUT2D eigenvalue weighted by molar-refractivity contribution is -0.136. The highest BCUT2D eigenvalue weighted by atomic mass is 35.5. The molecule has 2 aromatic carbocycles. The molecule has 5 nitrogen and oxygen atoms in total. The van der Waals surface area contributed by atoms with Crippen LogP contribution in [-0.2, 0) is 9.59 Å². The molecule has 0 aromatic heterocycles. The lowest BCUT2D eigenvalue weighted by Gasteiger charge is -2.07. The fourth-order valence-electron chi connectivity index (χ4n) is 1.73. The van der Waals surface area contributed by atoms with Gasteiger partial charge in [0.2, 0.25) is 0 Å². The molecule has 0 radical (unpaired) electrons. The van der Waals surface area contributed by atoms with Crippen molar-refractivity contribution in [2.24, 2.45) is 5.10 Å². The summed E-state index contributed by atoms with van der Waals surface area (Å²) in [6.07, 6.45) is 1.31. The molecule has 0 aliphatic rings. The second kappa shape index (κ2) is 8.15. The zero-order chi connectivity index (χ0) is 17.7. The van der Waals surface area contributed by atoms with Gasteiger partial charge in [0.1, 0.15) is 0 Å². The van der Waals surface area contributed by atoms with Gasteiger partial charge in [-0.15, -0.1) is 0 Å². The van der Waals surface area contributed by atoms with E-state index in [2.05, 4.69) is 15.8 Å². The third-order valence-electron chi connectivity index (χ3n) is 2.99. The molecule has 2 rings (SSSR count). The van der Waals surface area contributed by atoms with Crippen LogP contribution in [0.3, 0.4) is 0 Å². The van der Waals surface area contributed by atoms with Crippen LogP contribution in [0.2, 0.25) is 15.1 Å². The summed E-state index contributed by atoms with van der Waals surface area (Å²) >= 11 is 17.6. The fraction of sp³-hybridized carbons (Fsp3) is 0.0625. The van der Waals surface area contributed by atoms with Gasteiger partial charge in [-0.25, -0.2) is 5.43 Å². The molecule has 8 heteroatoms. The van der Waals surface area contributed by atoms with Crippen molar-refractivity contribution in [1.29, 1.82) is 0 Å². The monoisotopic (exact) mass is 383 g/mol. The van der Waals surface area contributed by atoms with Crippen molar-refractivity contribution in [2.45, 2.75) is 6.92 Å². The van der Waals surface area contributed by atoms with Gasteiger partial charge < -0.3 is 5.32 Å². The molecule has 0 bridgehead atoms. The number of hydrogen-bond donors (Lipinski definition) is 2. The molecular weight excluding hydrogens is 373 g/mol. The number of hydrogen-bond acceptors (Lipinski definition) is 3. The molecule has 2 N–H and O–H groups in total. The first-order valence-electron chi connectivity index (χ1n) is 6.72. The Kier molecular flexibility index (Phi) is 6.20. The lowest BCUT2D eigenvalue weighted by atomic mass is 10.2. The zero-order valence-electron chi connectivity index (χ0n) is 12.4. The maximum Gasteiger partial charge on any atom is 0.329 e. The van der Waals surface area contributed by atoms with E-state index in [1.165, 1.54) is 6.21 Å². The van der Waals surface area contributed by atoms with Crippen molar-refractivity contribution in [1.82, 2.24) is 5.43 Å². The van der Waals surface area contributed by atoms with Gasteiger partial charge in [0, 0.05) is 21.3 Å². The van der Waals surface area contributed by atoms with Crippen LogP contribution in [0.1, 0.15) is 11.1 Å². The van der Waals surface area contributed by atoms with E-state index < -0.39 is 11.8 Å². The van der Waals surface area contributed by atoms with E-state index in [9.17, 15) is 9.59 Å². The number of carbonyl (C=O) groups is 2. The second-order valence-electron chi connectivity index (χ2n) is 4.78. The van der Waals surface area contributed by atoms with Crippen LogP contribution in [0.5, 0.6) is 0 Å². The third kappa shape index (κ3) is 4.96. The quantitative estimate of drug-likeness (QED) is 0.476. The Balaban J connectivity index is 1.97. The Morgan fingerprint density at radius 1 is 1.00 bits per heavy atom. The minimum Gasteiger partial charge on any atom is -0.317 e. The Bertz CT molecular complexity index is 822. The molecule has 0 saturated carbocycles. The van der Waals surface area contributed by atoms with E-state index in [-0.39, 0.29) is 0 Å². The highest BCUT2D eigenvalue weighted by Gasteiger charge is 2.14. The molecule has 2 amide bonds. The van der Waals surface area contributed by atoms with Crippen LogP contribution in [0, 0.1) is 6.92 Å². The fourth-order valence-corrected chi connectivity index (χ4v) is 2.35. The molecule has 0 unspecified atom stereocenters. The number of halogens is 3. The maximum absolute atomic E-state index is 11.8. The molecule has 0 atom stereocenters. The number of nitrogens with zero attached hydrogens (tertiary/aromatic N) is 1. The number of benzene rings is 2. The molecule has 24 heavy (non-hydrogen) atoms. The first kappa shape index (κ1) is 18.3. The number of amides is 2. The minimum absolute atomic E-state index is 0.375. The van der Waals surface area contributed by atoms with Crippen LogP contribution in [0.15, 0.2) is 41.5 Å². The third-order valence-corrected chi connectivity index (χ3v) is 3.78. The standard InChI is InChI=1S/C16H12Cl3N3O2/c1-9-2-4-12(18)7-14(9)21-15(23)16(24)22-20-8-10-3-5-11(17)6-13(10)19/h2-8H,1H3,(H,21,23)(H,22,24)/b20-8-. The molecule has 0 aliphatic carbocycles. The molecule has 0 saturated heterocycles. The average Bonchev–Trinajstić information content (AvgIpc) is 2.52. The van der Waals surface area contributed by atoms with E-state index >= 15 is 0 Å². The van der Waals surface area contributed by atoms with E-state index in [0.717, 1.165) is 5.56 Å². The summed E-state index contributed by atoms with van der Waals surface area (Å²) in [6.45, 7) is 1.78. The van der Waals surface area contributed by atoms with Gasteiger partial charge in [-0.1, -0.05) is 46.9 Å². The van der Waals surface area contributed by atoms with Crippen molar-refractivity contribution < 1.29 is 9.59 Å². The molecule has 0 fully saturated rings. The normalized spacial score (nSPS) is 10.7. The largest absolute Gasteiger partial charge is 0.329 e. The van der Waals surface area contributed by atoms with Crippen molar-refractivity contribution >= 4 is 58.5 Å². The number of rotatable bonds is 3. The average molecular weight is 385 g/mol. The summed E-state index contributed by atoms with van der Waals surface area (Å²) in [7, 11) is 0. The Labute approximate surface area is 153 Å². The number of nitrogens with one attached hydrogen (secondary N) is 2. The van der Waals surface area contributed by atoms with Gasteiger partial charge in [0.25, 0.3) is 0 Å². The minimum atomic E-state index is -0.921. The highest BCUT2D eigenvalue weighted by Crippen LogP contribution is 2.20. The maximum atomic E-state index is 11.8. The zero-order valence-corrected chi connectivity index (χ0v) is 14.7. The number of carbonyl (C=O) groups excluding carboxylic acids is 2. The van der Waals surface area contributed by atoms with Gasteiger partial charge in [-0.3, -0.25) is 9.59 Å². The molecule has 124 valence electrons. The summed E-state index contributed by atoms with van der Waals surface area (Å²) in [5.41, 5.74) is 3.90. The van der Waals surface area contributed by atoms with Crippen LogP contribution < -0.4 is 10.7 Å². The van der Waals surface area contributed by atoms with Crippen LogP contribution in [-0.4, -0.2) is 18.0 Å². The number of hydrazone groups is 1. The van der Waals surface area contributed by atoms with E-state index in [1.54, 1.807) is 43.3 Å². The van der Waals surface area contributed by atoms with Crippen LogP contribution >= 0.6 is 34.8 Å². The Hall–Kier alpha value is -2.08. The molecular formula is C16H12Cl3N3O2. The SMILES string of the molecule is Cc1ccc(Cl)cc1NC(=O)C(=O)N/N=C\c1ccc(Cl)cc1Cl. The van der Waals surface area contributed by atoms with Crippen LogP contribution in [0.25, 0.3) is 0 Å². The molecule has 0 aliphatic heterocycles. The van der Waals surface area contributed by atoms with Crippen molar-refractivity contribution in [2.75, 3.05) is 5.32 Å². The summed E-state index contributed by atoms with van der Waals surface area (Å²) in [5.74, 6) is -1.78. The summed E-state index contributed by atoms with van der Waals surface area (Å²) < 4.78 is 0. The highest BCUT2D eigenvalue weighted by molar-refractivity contribution is 6.40. The van der Waals surface area contributed by atoms with E-state index in [0.29, 0.717) is 26.3 Å². The molecule has 0 spiro atoms. The summed E-state index contributed by atoms with van der Waals surface area (Å²) in [4.78, 5) is 23.6. The topological polar surface area (TPSA) is 70.6 Å². The van der Waals surface area contributed by atoms with Gasteiger partial charge in [-0.05, 0) is 36.8 Å². The smallest absolute Gasteiger partial charge is 0.317 e. The second-order valence-corrected chi connectivity index (χ2v) is 6.06. The van der Waals surface area contributed by atoms with Crippen molar-refractivity contribution in [3.05, 3.63) is 62.6 Å². The van der Waals surface area contributed by atoms with E-state index in [4.69, 9.17) is 34.8 Å². The predicted octanol–water partition coefficient (Wildman–Crippen LogP) is 4.04. The van der Waals surface area contributed by atoms with Crippen molar-refractivity contribution in [3.63, 3.8) is 0 Å². The lowest BCUT2D eigenvalue weighted by Crippen LogP contribution is -2.32. The van der Waals surface area contributed by atoms with Crippen LogP contribution in [0.4, 0.5) is 5.69 Å². The molecule has 2 aromatic rings. The molecule has 0 heterocycles. The predicted molar refractivity (Wildman–Crippen MR) is 97.0 cm³/mol. The van der Waals surface area contributed by atoms with Gasteiger partial charge >= 0.3 is 11.8 Å².